The number of thiophene rings is 1. The van der Waals surface area contributed by atoms with Gasteiger partial charge in [0.25, 0.3) is 11.1 Å². The molecule has 238 valence electrons. The van der Waals surface area contributed by atoms with Crippen LogP contribution in [0.2, 0.25) is 0 Å². The maximum absolute atomic E-state index is 14.7. The monoisotopic (exact) mass is 626 g/mol. The number of aromatic nitrogens is 4. The summed E-state index contributed by atoms with van der Waals surface area (Å²) in [6.45, 7) is 11.9. The molecular formula is C36H46N6O2S. The van der Waals surface area contributed by atoms with Crippen molar-refractivity contribution in [2.45, 2.75) is 79.1 Å². The highest BCUT2D eigenvalue weighted by Gasteiger charge is 2.26. The average Bonchev–Trinajstić information content (AvgIpc) is 3.45. The van der Waals surface area contributed by atoms with Crippen molar-refractivity contribution in [3.8, 4) is 11.4 Å². The average molecular weight is 627 g/mol. The molecule has 5 aromatic rings. The Bertz CT molecular complexity index is 1670. The van der Waals surface area contributed by atoms with E-state index in [9.17, 15) is 9.59 Å². The van der Waals surface area contributed by atoms with E-state index in [1.807, 2.05) is 60.7 Å². The number of anilines is 2. The van der Waals surface area contributed by atoms with E-state index in [1.54, 1.807) is 9.13 Å². The SMILES string of the molecule is CCCCN(CCCC)c1nc2sc3nc(N(CCCC)CCCC)n(-c4ccccc4)c(=O)c3c2c(=O)n1-c1ccccc1. The Morgan fingerprint density at radius 1 is 0.556 bits per heavy atom. The van der Waals surface area contributed by atoms with Crippen molar-refractivity contribution in [3.05, 3.63) is 81.4 Å². The zero-order valence-electron chi connectivity index (χ0n) is 27.2. The van der Waals surface area contributed by atoms with Crippen LogP contribution in [0.4, 0.5) is 11.9 Å². The maximum Gasteiger partial charge on any atom is 0.269 e. The summed E-state index contributed by atoms with van der Waals surface area (Å²) >= 11 is 1.35. The first-order chi connectivity index (χ1) is 22.0. The summed E-state index contributed by atoms with van der Waals surface area (Å²) in [4.78, 5) is 45.3. The minimum absolute atomic E-state index is 0.231. The molecule has 0 aliphatic carbocycles. The molecule has 45 heavy (non-hydrogen) atoms. The number of hydrogen-bond donors (Lipinski definition) is 0. The number of para-hydroxylation sites is 2. The summed E-state index contributed by atoms with van der Waals surface area (Å²) in [5.74, 6) is 1.26. The largest absolute Gasteiger partial charge is 0.342 e. The summed E-state index contributed by atoms with van der Waals surface area (Å²) < 4.78 is 3.41. The van der Waals surface area contributed by atoms with Gasteiger partial charge in [0.1, 0.15) is 9.66 Å². The van der Waals surface area contributed by atoms with Crippen molar-refractivity contribution < 1.29 is 0 Å². The molecule has 0 aliphatic heterocycles. The van der Waals surface area contributed by atoms with Crippen molar-refractivity contribution >= 4 is 43.7 Å². The zero-order chi connectivity index (χ0) is 31.8. The van der Waals surface area contributed by atoms with Gasteiger partial charge in [-0.2, -0.15) is 0 Å². The lowest BCUT2D eigenvalue weighted by Gasteiger charge is -2.26. The predicted molar refractivity (Wildman–Crippen MR) is 190 cm³/mol. The summed E-state index contributed by atoms with van der Waals surface area (Å²) in [6, 6.07) is 19.3. The van der Waals surface area contributed by atoms with Crippen LogP contribution < -0.4 is 20.9 Å². The molecule has 0 N–H and O–H groups in total. The standard InChI is InChI=1S/C36H46N6O2S/c1-5-9-23-39(24-10-6-2)35-37-31-29(33(43)41(35)27-19-15-13-16-20-27)30-32(45-31)38-36(40(25-11-7-3)26-12-8-4)42(34(30)44)28-21-17-14-18-22-28/h13-22H,5-12,23-26H2,1-4H3. The van der Waals surface area contributed by atoms with Gasteiger partial charge in [-0.1, -0.05) is 101 Å². The quantitative estimate of drug-likeness (QED) is 0.111. The normalized spacial score (nSPS) is 11.5. The van der Waals surface area contributed by atoms with Crippen molar-refractivity contribution in [1.29, 1.82) is 0 Å². The molecule has 0 unspecified atom stereocenters. The van der Waals surface area contributed by atoms with Gasteiger partial charge in [0, 0.05) is 26.2 Å². The molecule has 0 radical (unpaired) electrons. The molecule has 8 nitrogen and oxygen atoms in total. The molecule has 0 saturated heterocycles. The molecule has 2 aromatic carbocycles. The Morgan fingerprint density at radius 3 is 1.20 bits per heavy atom. The molecule has 0 amide bonds. The van der Waals surface area contributed by atoms with Gasteiger partial charge in [-0.15, -0.1) is 0 Å². The highest BCUT2D eigenvalue weighted by Crippen LogP contribution is 2.32. The molecule has 0 fully saturated rings. The van der Waals surface area contributed by atoms with Crippen LogP contribution >= 0.6 is 11.3 Å². The first-order valence-electron chi connectivity index (χ1n) is 16.7. The van der Waals surface area contributed by atoms with Crippen LogP contribution in [-0.2, 0) is 0 Å². The molecule has 3 aromatic heterocycles. The van der Waals surface area contributed by atoms with Gasteiger partial charge in [0.15, 0.2) is 0 Å². The summed E-state index contributed by atoms with van der Waals surface area (Å²) in [7, 11) is 0. The topological polar surface area (TPSA) is 76.3 Å². The zero-order valence-corrected chi connectivity index (χ0v) is 28.0. The fourth-order valence-corrected chi connectivity index (χ4v) is 6.73. The first-order valence-corrected chi connectivity index (χ1v) is 17.5. The fraction of sp³-hybridized carbons (Fsp3) is 0.444. The number of hydrogen-bond acceptors (Lipinski definition) is 7. The van der Waals surface area contributed by atoms with Gasteiger partial charge < -0.3 is 9.80 Å². The van der Waals surface area contributed by atoms with E-state index in [1.165, 1.54) is 11.3 Å². The van der Waals surface area contributed by atoms with E-state index in [0.29, 0.717) is 32.3 Å². The van der Waals surface area contributed by atoms with Crippen LogP contribution in [0.25, 0.3) is 31.8 Å². The summed E-state index contributed by atoms with van der Waals surface area (Å²) in [5.41, 5.74) is 1.01. The van der Waals surface area contributed by atoms with Crippen LogP contribution in [0, 0.1) is 0 Å². The first kappa shape index (κ1) is 32.4. The molecule has 5 rings (SSSR count). The lowest BCUT2D eigenvalue weighted by molar-refractivity contribution is 0.653. The van der Waals surface area contributed by atoms with Gasteiger partial charge in [-0.25, -0.2) is 19.1 Å². The minimum atomic E-state index is -0.231. The molecule has 0 bridgehead atoms. The molecule has 0 atom stereocenters. The van der Waals surface area contributed by atoms with E-state index in [4.69, 9.17) is 9.97 Å². The van der Waals surface area contributed by atoms with Gasteiger partial charge in [-0.3, -0.25) is 9.59 Å². The van der Waals surface area contributed by atoms with E-state index < -0.39 is 0 Å². The van der Waals surface area contributed by atoms with Crippen LogP contribution in [0.5, 0.6) is 0 Å². The van der Waals surface area contributed by atoms with Gasteiger partial charge in [0.05, 0.1) is 22.1 Å². The second-order valence-electron chi connectivity index (χ2n) is 11.6. The second-order valence-corrected chi connectivity index (χ2v) is 12.6. The van der Waals surface area contributed by atoms with Crippen molar-refractivity contribution in [1.82, 2.24) is 19.1 Å². The highest BCUT2D eigenvalue weighted by atomic mass is 32.1. The highest BCUT2D eigenvalue weighted by molar-refractivity contribution is 7.25. The summed E-state index contributed by atoms with van der Waals surface area (Å²) in [6.07, 6.45) is 8.16. The number of benzene rings is 2. The summed E-state index contributed by atoms with van der Waals surface area (Å²) in [5, 5.41) is 0.687. The Labute approximate surface area is 270 Å². The third kappa shape index (κ3) is 6.83. The molecule has 0 aliphatic rings. The van der Waals surface area contributed by atoms with Gasteiger partial charge in [-0.05, 0) is 49.9 Å². The Balaban J connectivity index is 1.85. The predicted octanol–water partition coefficient (Wildman–Crippen LogP) is 7.96. The molecule has 3 heterocycles. The third-order valence-electron chi connectivity index (χ3n) is 8.23. The van der Waals surface area contributed by atoms with Crippen molar-refractivity contribution in [2.24, 2.45) is 0 Å². The lowest BCUT2D eigenvalue weighted by atomic mass is 10.2. The van der Waals surface area contributed by atoms with Crippen LogP contribution in [-0.4, -0.2) is 45.3 Å². The molecule has 0 saturated carbocycles. The lowest BCUT2D eigenvalue weighted by Crippen LogP contribution is -2.35. The Morgan fingerprint density at radius 2 is 0.889 bits per heavy atom. The molecular weight excluding hydrogens is 581 g/mol. The molecule has 9 heteroatoms. The Kier molecular flexibility index (Phi) is 11.1. The van der Waals surface area contributed by atoms with Crippen molar-refractivity contribution in [3.63, 3.8) is 0 Å². The van der Waals surface area contributed by atoms with Crippen LogP contribution in [0.1, 0.15) is 79.1 Å². The number of unbranched alkanes of at least 4 members (excludes halogenated alkanes) is 4. The minimum Gasteiger partial charge on any atom is -0.342 e. The number of fused-ring (bicyclic) bond motifs is 3. The maximum atomic E-state index is 14.7. The number of rotatable bonds is 16. The molecule has 0 spiro atoms. The van der Waals surface area contributed by atoms with Crippen LogP contribution in [0.3, 0.4) is 0 Å². The van der Waals surface area contributed by atoms with E-state index >= 15 is 0 Å². The van der Waals surface area contributed by atoms with E-state index in [2.05, 4.69) is 37.5 Å². The van der Waals surface area contributed by atoms with Crippen molar-refractivity contribution in [2.75, 3.05) is 36.0 Å². The Hall–Kier alpha value is -3.98. The van der Waals surface area contributed by atoms with Gasteiger partial charge >= 0.3 is 0 Å². The number of nitrogens with zero attached hydrogens (tertiary/aromatic N) is 6. The van der Waals surface area contributed by atoms with E-state index in [0.717, 1.165) is 88.9 Å². The van der Waals surface area contributed by atoms with Crippen LogP contribution in [0.15, 0.2) is 70.3 Å². The fourth-order valence-electron chi connectivity index (χ4n) is 5.71. The van der Waals surface area contributed by atoms with Gasteiger partial charge in [0.2, 0.25) is 11.9 Å². The third-order valence-corrected chi connectivity index (χ3v) is 9.21. The van der Waals surface area contributed by atoms with E-state index in [-0.39, 0.29) is 11.1 Å². The smallest absolute Gasteiger partial charge is 0.269 e. The second kappa shape index (κ2) is 15.3.